The van der Waals surface area contributed by atoms with E-state index in [0.29, 0.717) is 19.2 Å². The predicted molar refractivity (Wildman–Crippen MR) is 109 cm³/mol. The van der Waals surface area contributed by atoms with Crippen molar-refractivity contribution in [1.29, 1.82) is 0 Å². The zero-order valence-electron chi connectivity index (χ0n) is 15.8. The molecule has 2 aromatic rings. The maximum absolute atomic E-state index is 12.2. The molecular formula is C22H24N2O3S. The molecule has 28 heavy (non-hydrogen) atoms. The molecule has 1 aliphatic carbocycles. The minimum atomic E-state index is -3.35. The fraction of sp³-hybridized carbons (Fsp3) is 0.409. The second-order valence-electron chi connectivity index (χ2n) is 8.01. The monoisotopic (exact) mass is 396 g/mol. The van der Waals surface area contributed by atoms with Crippen molar-refractivity contribution in [2.24, 2.45) is 4.40 Å². The summed E-state index contributed by atoms with van der Waals surface area (Å²) >= 11 is 0. The highest BCUT2D eigenvalue weighted by Gasteiger charge is 2.52. The second kappa shape index (κ2) is 6.62. The van der Waals surface area contributed by atoms with Gasteiger partial charge in [0.1, 0.15) is 18.2 Å². The van der Waals surface area contributed by atoms with Gasteiger partial charge in [-0.2, -0.15) is 0 Å². The standard InChI is InChI=1S/C22H24N2O3S/c25-28(26)15-14-24-19-10-12-22(13-11-19,21(24)23-28)18-6-8-20(9-7-18)27-16-17-4-2-1-3-5-17/h1-9,19H,10-16H2. The van der Waals surface area contributed by atoms with Crippen LogP contribution in [0.4, 0.5) is 0 Å². The molecule has 0 N–H and O–H groups in total. The minimum absolute atomic E-state index is 0.134. The number of nitrogens with zero attached hydrogens (tertiary/aromatic N) is 2. The van der Waals surface area contributed by atoms with Crippen LogP contribution in [0.15, 0.2) is 59.0 Å². The van der Waals surface area contributed by atoms with Crippen LogP contribution in [0.3, 0.4) is 0 Å². The van der Waals surface area contributed by atoms with Gasteiger partial charge in [-0.1, -0.05) is 42.5 Å². The molecule has 5 nitrogen and oxygen atoms in total. The largest absolute Gasteiger partial charge is 0.489 e. The van der Waals surface area contributed by atoms with E-state index < -0.39 is 10.0 Å². The van der Waals surface area contributed by atoms with Crippen molar-refractivity contribution in [3.05, 3.63) is 65.7 Å². The van der Waals surface area contributed by atoms with Gasteiger partial charge < -0.3 is 9.64 Å². The Hall–Kier alpha value is -2.34. The van der Waals surface area contributed by atoms with Crippen LogP contribution in [0, 0.1) is 0 Å². The van der Waals surface area contributed by atoms with Crippen LogP contribution in [0.2, 0.25) is 0 Å². The molecule has 2 aromatic carbocycles. The highest BCUT2D eigenvalue weighted by Crippen LogP contribution is 2.49. The lowest BCUT2D eigenvalue weighted by molar-refractivity contribution is 0.151. The van der Waals surface area contributed by atoms with Gasteiger partial charge in [0.15, 0.2) is 0 Å². The second-order valence-corrected chi connectivity index (χ2v) is 9.76. The van der Waals surface area contributed by atoms with E-state index >= 15 is 0 Å². The molecular weight excluding hydrogens is 372 g/mol. The molecule has 2 saturated heterocycles. The van der Waals surface area contributed by atoms with Gasteiger partial charge in [0.05, 0.1) is 11.2 Å². The van der Waals surface area contributed by atoms with E-state index in [1.165, 1.54) is 0 Å². The fourth-order valence-corrected chi connectivity index (χ4v) is 5.99. The number of piperidine rings is 2. The van der Waals surface area contributed by atoms with Crippen molar-refractivity contribution in [2.75, 3.05) is 12.3 Å². The molecule has 3 aliphatic heterocycles. The number of sulfonamides is 1. The molecule has 1 saturated carbocycles. The minimum Gasteiger partial charge on any atom is -0.489 e. The SMILES string of the molecule is O=S1(=O)CCN2C(=N1)C1(c3ccc(OCc4ccccc4)cc3)CCC2CC1. The van der Waals surface area contributed by atoms with Crippen molar-refractivity contribution in [3.8, 4) is 5.75 Å². The molecule has 0 unspecified atom stereocenters. The van der Waals surface area contributed by atoms with Crippen LogP contribution >= 0.6 is 0 Å². The van der Waals surface area contributed by atoms with E-state index in [1.54, 1.807) is 0 Å². The third-order valence-electron chi connectivity index (χ3n) is 6.42. The number of ether oxygens (including phenoxy) is 1. The average molecular weight is 397 g/mol. The first-order chi connectivity index (χ1) is 13.6. The Morgan fingerprint density at radius 1 is 1.04 bits per heavy atom. The van der Waals surface area contributed by atoms with E-state index in [2.05, 4.69) is 21.4 Å². The van der Waals surface area contributed by atoms with Gasteiger partial charge >= 0.3 is 0 Å². The number of fused-ring (bicyclic) bond motifs is 2. The lowest BCUT2D eigenvalue weighted by Gasteiger charge is -2.55. The molecule has 3 heterocycles. The fourth-order valence-electron chi connectivity index (χ4n) is 4.93. The third-order valence-corrected chi connectivity index (χ3v) is 7.57. The molecule has 0 atom stereocenters. The topological polar surface area (TPSA) is 59.0 Å². The molecule has 6 rings (SSSR count). The van der Waals surface area contributed by atoms with Crippen molar-refractivity contribution >= 4 is 15.9 Å². The number of rotatable bonds is 4. The summed E-state index contributed by atoms with van der Waals surface area (Å²) in [5.41, 5.74) is 2.01. The van der Waals surface area contributed by atoms with Crippen LogP contribution in [-0.2, 0) is 22.0 Å². The van der Waals surface area contributed by atoms with Crippen molar-refractivity contribution < 1.29 is 13.2 Å². The zero-order valence-corrected chi connectivity index (χ0v) is 16.6. The number of benzene rings is 2. The summed E-state index contributed by atoms with van der Waals surface area (Å²) in [6.07, 6.45) is 4.14. The van der Waals surface area contributed by atoms with E-state index in [0.717, 1.165) is 48.4 Å². The summed E-state index contributed by atoms with van der Waals surface area (Å²) in [6.45, 7) is 1.11. The van der Waals surface area contributed by atoms with Gasteiger partial charge in [0.2, 0.25) is 0 Å². The maximum atomic E-state index is 12.2. The van der Waals surface area contributed by atoms with Gasteiger partial charge in [-0.05, 0) is 48.9 Å². The van der Waals surface area contributed by atoms with E-state index in [1.807, 2.05) is 42.5 Å². The van der Waals surface area contributed by atoms with Crippen LogP contribution in [0.25, 0.3) is 0 Å². The van der Waals surface area contributed by atoms with E-state index in [-0.39, 0.29) is 11.2 Å². The number of hydrogen-bond acceptors (Lipinski definition) is 4. The summed E-state index contributed by atoms with van der Waals surface area (Å²) < 4.78 is 34.6. The molecule has 4 aliphatic rings. The average Bonchev–Trinajstić information content (AvgIpc) is 2.73. The molecule has 0 radical (unpaired) electrons. The molecule has 146 valence electrons. The molecule has 3 fully saturated rings. The van der Waals surface area contributed by atoms with Gasteiger partial charge in [0, 0.05) is 12.6 Å². The Labute approximate surface area is 166 Å². The molecule has 0 aromatic heterocycles. The Bertz CT molecular complexity index is 992. The first-order valence-electron chi connectivity index (χ1n) is 9.93. The summed E-state index contributed by atoms with van der Waals surface area (Å²) in [7, 11) is -3.35. The summed E-state index contributed by atoms with van der Waals surface area (Å²) in [6, 6.07) is 18.7. The third kappa shape index (κ3) is 3.00. The summed E-state index contributed by atoms with van der Waals surface area (Å²) in [4.78, 5) is 2.26. The first-order valence-corrected chi connectivity index (χ1v) is 11.5. The van der Waals surface area contributed by atoms with Crippen LogP contribution in [0.5, 0.6) is 5.75 Å². The van der Waals surface area contributed by atoms with Crippen LogP contribution < -0.4 is 4.74 Å². The van der Waals surface area contributed by atoms with E-state index in [4.69, 9.17) is 4.74 Å². The highest BCUT2D eigenvalue weighted by molar-refractivity contribution is 7.90. The Kier molecular flexibility index (Phi) is 4.19. The number of amidine groups is 1. The van der Waals surface area contributed by atoms with Crippen molar-refractivity contribution in [2.45, 2.75) is 43.7 Å². The number of hydrogen-bond donors (Lipinski definition) is 0. The lowest BCUT2D eigenvalue weighted by Crippen LogP contribution is -2.62. The predicted octanol–water partition coefficient (Wildman–Crippen LogP) is 3.50. The first kappa shape index (κ1) is 17.7. The molecule has 2 bridgehead atoms. The maximum Gasteiger partial charge on any atom is 0.256 e. The molecule has 6 heteroatoms. The summed E-state index contributed by atoms with van der Waals surface area (Å²) in [5, 5.41) is 0. The lowest BCUT2D eigenvalue weighted by atomic mass is 9.63. The van der Waals surface area contributed by atoms with Gasteiger partial charge in [-0.3, -0.25) is 0 Å². The van der Waals surface area contributed by atoms with Crippen molar-refractivity contribution in [1.82, 2.24) is 4.90 Å². The highest BCUT2D eigenvalue weighted by atomic mass is 32.2. The molecule has 0 amide bonds. The smallest absolute Gasteiger partial charge is 0.256 e. The summed E-state index contributed by atoms with van der Waals surface area (Å²) in [5.74, 6) is 1.73. The Balaban J connectivity index is 1.42. The van der Waals surface area contributed by atoms with Gasteiger partial charge in [-0.15, -0.1) is 4.40 Å². The van der Waals surface area contributed by atoms with E-state index in [9.17, 15) is 8.42 Å². The van der Waals surface area contributed by atoms with Gasteiger partial charge in [-0.25, -0.2) is 8.42 Å². The normalized spacial score (nSPS) is 27.8. The van der Waals surface area contributed by atoms with Gasteiger partial charge in [0.25, 0.3) is 10.0 Å². The molecule has 0 spiro atoms. The van der Waals surface area contributed by atoms with Crippen LogP contribution in [0.1, 0.15) is 36.8 Å². The quantitative estimate of drug-likeness (QED) is 0.794. The Morgan fingerprint density at radius 2 is 1.75 bits per heavy atom. The van der Waals surface area contributed by atoms with Crippen LogP contribution in [-0.4, -0.2) is 37.5 Å². The zero-order chi connectivity index (χ0) is 19.2. The Morgan fingerprint density at radius 3 is 2.46 bits per heavy atom. The van der Waals surface area contributed by atoms with Crippen molar-refractivity contribution in [3.63, 3.8) is 0 Å².